The summed E-state index contributed by atoms with van der Waals surface area (Å²) >= 11 is 0. The second kappa shape index (κ2) is 73.5. The van der Waals surface area contributed by atoms with Gasteiger partial charge in [0.2, 0.25) is 6.29 Å². The highest BCUT2D eigenvalue weighted by Crippen LogP contribution is 2.24. The first-order valence-corrected chi connectivity index (χ1v) is 47.2. The van der Waals surface area contributed by atoms with Gasteiger partial charge in [0, 0.05) is 12.2 Å². The molecule has 0 spiro atoms. The fourth-order valence-electron chi connectivity index (χ4n) is 14.1. The predicted octanol–water partition coefficient (Wildman–Crippen LogP) is 36.8. The van der Waals surface area contributed by atoms with Crippen LogP contribution in [0.25, 0.3) is 0 Å². The van der Waals surface area contributed by atoms with Crippen molar-refractivity contribution in [3.63, 3.8) is 0 Å². The Bertz CT molecular complexity index is 3710. The van der Waals surface area contributed by atoms with E-state index in [1.54, 1.807) is 12.2 Å². The molecule has 120 heavy (non-hydrogen) atoms. The van der Waals surface area contributed by atoms with Crippen LogP contribution in [0.1, 0.15) is 430 Å². The summed E-state index contributed by atoms with van der Waals surface area (Å²) in [6.45, 7) is 55.5. The van der Waals surface area contributed by atoms with Gasteiger partial charge in [-0.3, -0.25) is 0 Å². The quantitative estimate of drug-likeness (QED) is 0.0284. The van der Waals surface area contributed by atoms with Crippen LogP contribution in [0.5, 0.6) is 0 Å². The standard InChI is InChI=1S/C115H182O5/c1-90(2)46-26-48-92(5)50-28-52-94(7)54-30-56-96(9)58-32-60-98(11)62-34-66-101(14)70-38-74-105(18)78-42-82-109(22)86-113(116)119-89-112(25)85-45-81-108(21)77-41-73-104(17)69-37-65-100(13)64-36-68-103(16)72-40-76-107(20)80-44-84-111(24)88-115(118)120-114(117)87-110(23)83-43-79-106(19)75-39-71-102(15)67-35-63-99(12)61-33-59-97(10)57-31-55-95(8)53-29-51-93(6)49-27-47-91(3)4/h46-47,50-51,54-55,58-59,62-64,69-72,77-80,85-88,115,118H,26-45,48-49,52-53,56-57,60-61,65-68,73-76,81-84,89H2,1-25H3/b92-50+,93-51+,94-54+,95-55+,96-58-,97-59-,98-62-,99-63-,100-64-,101-70-,102-71-,103-72-,104-69+,105-78-,106-79-,107-80-,108-77+,109-86-,110-87-,111-88-,112-85+. The van der Waals surface area contributed by atoms with Crippen LogP contribution < -0.4 is 0 Å². The molecule has 0 radical (unpaired) electrons. The van der Waals surface area contributed by atoms with Gasteiger partial charge in [0.25, 0.3) is 0 Å². The first kappa shape index (κ1) is 113. The van der Waals surface area contributed by atoms with Crippen molar-refractivity contribution in [1.29, 1.82) is 0 Å². The second-order valence-electron chi connectivity index (χ2n) is 36.7. The van der Waals surface area contributed by atoms with Crippen molar-refractivity contribution in [2.45, 2.75) is 436 Å². The number of hydrogen-bond donors (Lipinski definition) is 1. The minimum atomic E-state index is -1.26. The average Bonchev–Trinajstić information content (AvgIpc) is 0.947. The van der Waals surface area contributed by atoms with E-state index in [1.165, 1.54) is 131 Å². The minimum Gasteiger partial charge on any atom is -0.458 e. The van der Waals surface area contributed by atoms with Crippen molar-refractivity contribution in [3.8, 4) is 0 Å². The Labute approximate surface area is 742 Å². The first-order valence-electron chi connectivity index (χ1n) is 47.2. The Balaban J connectivity index is 4.48. The van der Waals surface area contributed by atoms with Gasteiger partial charge >= 0.3 is 11.9 Å². The Morgan fingerprint density at radius 3 is 0.508 bits per heavy atom. The molecule has 0 saturated carbocycles. The molecule has 0 amide bonds. The molecule has 0 aliphatic heterocycles. The molecular weight excluding hydrogens is 1460 g/mol. The molecule has 0 aromatic heterocycles. The summed E-state index contributed by atoms with van der Waals surface area (Å²) in [5, 5.41) is 10.6. The smallest absolute Gasteiger partial charge is 0.333 e. The summed E-state index contributed by atoms with van der Waals surface area (Å²) in [6, 6.07) is 0. The van der Waals surface area contributed by atoms with E-state index in [9.17, 15) is 14.7 Å². The van der Waals surface area contributed by atoms with Crippen molar-refractivity contribution >= 4 is 11.9 Å². The number of hydrogen-bond acceptors (Lipinski definition) is 5. The Hall–Kier alpha value is -7.08. The highest BCUT2D eigenvalue weighted by molar-refractivity contribution is 5.83. The van der Waals surface area contributed by atoms with E-state index in [1.807, 2.05) is 20.8 Å². The maximum atomic E-state index is 12.7. The van der Waals surface area contributed by atoms with Crippen LogP contribution in [-0.2, 0) is 19.1 Å². The van der Waals surface area contributed by atoms with Crippen LogP contribution in [0.2, 0.25) is 0 Å². The molecule has 0 bridgehead atoms. The third kappa shape index (κ3) is 74.7. The van der Waals surface area contributed by atoms with Crippen LogP contribution in [0.4, 0.5) is 0 Å². The van der Waals surface area contributed by atoms with Crippen molar-refractivity contribution in [2.24, 2.45) is 0 Å². The van der Waals surface area contributed by atoms with E-state index in [2.05, 4.69) is 274 Å². The summed E-state index contributed by atoms with van der Waals surface area (Å²) < 4.78 is 11.0. The molecule has 0 fully saturated rings. The summed E-state index contributed by atoms with van der Waals surface area (Å²) in [6.07, 6.45) is 94.0. The summed E-state index contributed by atoms with van der Waals surface area (Å²) in [5.74, 6) is -0.760. The summed E-state index contributed by atoms with van der Waals surface area (Å²) in [5.41, 5.74) is 31.8. The third-order valence-corrected chi connectivity index (χ3v) is 22.6. The number of allylic oxidation sites excluding steroid dienone is 42. The molecule has 0 aromatic rings. The minimum absolute atomic E-state index is 0.254. The van der Waals surface area contributed by atoms with E-state index in [-0.39, 0.29) is 5.97 Å². The van der Waals surface area contributed by atoms with E-state index >= 15 is 0 Å². The number of rotatable bonds is 66. The monoisotopic (exact) mass is 1640 g/mol. The lowest BCUT2D eigenvalue weighted by molar-refractivity contribution is -0.154. The fourth-order valence-corrected chi connectivity index (χ4v) is 14.1. The molecule has 1 N–H and O–H groups in total. The lowest BCUT2D eigenvalue weighted by atomic mass is 10.0. The zero-order chi connectivity index (χ0) is 89.7. The molecule has 672 valence electrons. The average molecular weight is 1640 g/mol. The lowest BCUT2D eigenvalue weighted by Crippen LogP contribution is -2.14. The molecule has 1 atom stereocenters. The molecule has 1 unspecified atom stereocenters. The fraction of sp³-hybridized carbons (Fsp3) is 0.583. The number of esters is 2. The SMILES string of the molecule is CC(C)=CCC/C(C)=C/CC/C(C)=C/CC/C(C)=C\CC/C(C)=C\CC/C(C)=C\CC/C(C)=C\CC/C(C)=C\C(=O)OC/C(C)=C/CC/C(C)=C/CC/C(C)=C/CC/C(C)=C\CC/C(C)=C\CC/C(C)=C\CC/C(C)=C\C(O)OC(=O)/C=C(/C)CC/C=C(/C)CC/C=C(/C)CC/C=C(/C)CC/C=C(/C)CC/C=C(\C)CC/C=C(\C)CCC=C(C)C. The van der Waals surface area contributed by atoms with Gasteiger partial charge in [0.15, 0.2) is 0 Å². The van der Waals surface area contributed by atoms with Gasteiger partial charge in [-0.05, 0) is 442 Å². The molecule has 0 rings (SSSR count). The number of carbonyl (C=O) groups is 2. The number of aliphatic hydroxyl groups excluding tert-OH is 1. The number of aliphatic hydroxyl groups is 1. The largest absolute Gasteiger partial charge is 0.458 e. The maximum absolute atomic E-state index is 12.7. The summed E-state index contributed by atoms with van der Waals surface area (Å²) in [4.78, 5) is 25.4. The van der Waals surface area contributed by atoms with Gasteiger partial charge in [-0.25, -0.2) is 9.59 Å². The Morgan fingerprint density at radius 2 is 0.333 bits per heavy atom. The van der Waals surface area contributed by atoms with Crippen molar-refractivity contribution in [1.82, 2.24) is 0 Å². The van der Waals surface area contributed by atoms with E-state index < -0.39 is 12.3 Å². The van der Waals surface area contributed by atoms with Gasteiger partial charge in [-0.2, -0.15) is 0 Å². The molecule has 5 heteroatoms. The topological polar surface area (TPSA) is 72.8 Å². The van der Waals surface area contributed by atoms with Crippen LogP contribution in [0, 0.1) is 0 Å². The predicted molar refractivity (Wildman–Crippen MR) is 535 cm³/mol. The summed E-state index contributed by atoms with van der Waals surface area (Å²) in [7, 11) is 0. The van der Waals surface area contributed by atoms with Crippen LogP contribution >= 0.6 is 0 Å². The zero-order valence-electron chi connectivity index (χ0n) is 82.4. The molecule has 0 saturated heterocycles. The molecule has 0 aliphatic rings. The van der Waals surface area contributed by atoms with E-state index in [4.69, 9.17) is 9.47 Å². The maximum Gasteiger partial charge on any atom is 0.333 e. The zero-order valence-corrected chi connectivity index (χ0v) is 82.4. The van der Waals surface area contributed by atoms with Crippen LogP contribution in [0.15, 0.2) is 268 Å². The number of ether oxygens (including phenoxy) is 2. The van der Waals surface area contributed by atoms with Crippen molar-refractivity contribution < 1.29 is 24.2 Å². The Kier molecular flexibility index (Phi) is 69.1. The van der Waals surface area contributed by atoms with Gasteiger partial charge in [0.05, 0.1) is 0 Å². The van der Waals surface area contributed by atoms with E-state index in [0.717, 1.165) is 260 Å². The van der Waals surface area contributed by atoms with Gasteiger partial charge in [-0.1, -0.05) is 244 Å². The highest BCUT2D eigenvalue weighted by Gasteiger charge is 2.10. The molecule has 0 aliphatic carbocycles. The molecule has 0 aromatic carbocycles. The Morgan fingerprint density at radius 1 is 0.192 bits per heavy atom. The molecule has 0 heterocycles. The number of carbonyl (C=O) groups excluding carboxylic acids is 2. The normalized spacial score (nSPS) is 15.2. The van der Waals surface area contributed by atoms with Gasteiger partial charge < -0.3 is 14.6 Å². The first-order chi connectivity index (χ1) is 57.1. The molecule has 5 nitrogen and oxygen atoms in total. The second-order valence-corrected chi connectivity index (χ2v) is 36.7. The van der Waals surface area contributed by atoms with Crippen LogP contribution in [-0.4, -0.2) is 29.9 Å². The van der Waals surface area contributed by atoms with Gasteiger partial charge in [-0.15, -0.1) is 0 Å². The van der Waals surface area contributed by atoms with E-state index in [0.29, 0.717) is 6.61 Å². The highest BCUT2D eigenvalue weighted by atomic mass is 16.6. The van der Waals surface area contributed by atoms with Crippen molar-refractivity contribution in [3.05, 3.63) is 268 Å². The molecular formula is C115H182O5. The van der Waals surface area contributed by atoms with Crippen molar-refractivity contribution in [2.75, 3.05) is 6.61 Å². The van der Waals surface area contributed by atoms with Crippen LogP contribution in [0.3, 0.4) is 0 Å². The van der Waals surface area contributed by atoms with Gasteiger partial charge in [0.1, 0.15) is 6.61 Å². The lowest BCUT2D eigenvalue weighted by Gasteiger charge is -2.09. The third-order valence-electron chi connectivity index (χ3n) is 22.6.